The smallest absolute Gasteiger partial charge is 0.338 e. The van der Waals surface area contributed by atoms with Gasteiger partial charge >= 0.3 is 5.97 Å². The highest BCUT2D eigenvalue weighted by Crippen LogP contribution is 2.21. The Bertz CT molecular complexity index is 449. The molecular formula is C13H16O7. The van der Waals surface area contributed by atoms with Gasteiger partial charge in [-0.1, -0.05) is 30.3 Å². The lowest BCUT2D eigenvalue weighted by Crippen LogP contribution is -2.59. The number of benzene rings is 1. The highest BCUT2D eigenvalue weighted by molar-refractivity contribution is 5.75. The van der Waals surface area contributed by atoms with Gasteiger partial charge in [-0.25, -0.2) is 4.79 Å². The zero-order chi connectivity index (χ0) is 14.7. The normalized spacial score (nSPS) is 33.7. The predicted molar refractivity (Wildman–Crippen MR) is 65.1 cm³/mol. The largest absolute Gasteiger partial charge is 0.459 e. The van der Waals surface area contributed by atoms with Crippen molar-refractivity contribution in [2.45, 2.75) is 37.3 Å². The summed E-state index contributed by atoms with van der Waals surface area (Å²) in [7, 11) is 0. The van der Waals surface area contributed by atoms with Crippen LogP contribution >= 0.6 is 0 Å². The standard InChI is InChI=1S/C13H16O7/c14-8-9(15)11(20-12(17)10(8)16)13(18)19-6-7-4-2-1-3-5-7/h1-5,8-12,14-17H,6H2/t8?,9-,10+,11?,12?/m0/s1. The number of aliphatic hydroxyl groups is 4. The van der Waals surface area contributed by atoms with Crippen molar-refractivity contribution in [2.75, 3.05) is 0 Å². The molecule has 1 heterocycles. The van der Waals surface area contributed by atoms with Crippen LogP contribution in [0, 0.1) is 0 Å². The molecule has 0 radical (unpaired) electrons. The molecule has 1 aliphatic rings. The maximum Gasteiger partial charge on any atom is 0.338 e. The van der Waals surface area contributed by atoms with Gasteiger partial charge in [0.25, 0.3) is 0 Å². The molecule has 7 nitrogen and oxygen atoms in total. The van der Waals surface area contributed by atoms with Gasteiger partial charge in [-0.05, 0) is 5.56 Å². The Balaban J connectivity index is 1.95. The SMILES string of the molecule is O=C(OCc1ccccc1)C1OC(O)[C@H](O)C(O)[C@@H]1O. The lowest BCUT2D eigenvalue weighted by Gasteiger charge is -2.36. The first-order valence-electron chi connectivity index (χ1n) is 6.09. The van der Waals surface area contributed by atoms with Gasteiger partial charge in [0.15, 0.2) is 12.4 Å². The number of ether oxygens (including phenoxy) is 2. The van der Waals surface area contributed by atoms with Crippen LogP contribution in [0.2, 0.25) is 0 Å². The van der Waals surface area contributed by atoms with E-state index in [2.05, 4.69) is 0 Å². The van der Waals surface area contributed by atoms with Gasteiger partial charge in [0.1, 0.15) is 24.9 Å². The molecule has 1 saturated heterocycles. The van der Waals surface area contributed by atoms with Crippen molar-refractivity contribution in [3.8, 4) is 0 Å². The average molecular weight is 284 g/mol. The number of rotatable bonds is 3. The van der Waals surface area contributed by atoms with E-state index in [1.807, 2.05) is 6.07 Å². The summed E-state index contributed by atoms with van der Waals surface area (Å²) in [6, 6.07) is 8.86. The molecule has 4 N–H and O–H groups in total. The van der Waals surface area contributed by atoms with Crippen molar-refractivity contribution in [1.29, 1.82) is 0 Å². The molecule has 0 aliphatic carbocycles. The summed E-state index contributed by atoms with van der Waals surface area (Å²) in [4.78, 5) is 11.8. The molecule has 20 heavy (non-hydrogen) atoms. The van der Waals surface area contributed by atoms with Gasteiger partial charge in [0, 0.05) is 0 Å². The summed E-state index contributed by atoms with van der Waals surface area (Å²) in [5, 5.41) is 37.7. The summed E-state index contributed by atoms with van der Waals surface area (Å²) < 4.78 is 9.69. The van der Waals surface area contributed by atoms with Crippen molar-refractivity contribution < 1.29 is 34.7 Å². The number of esters is 1. The third-order valence-corrected chi connectivity index (χ3v) is 3.04. The third kappa shape index (κ3) is 3.14. The molecule has 0 bridgehead atoms. The van der Waals surface area contributed by atoms with Crippen LogP contribution in [0.25, 0.3) is 0 Å². The Morgan fingerprint density at radius 2 is 1.70 bits per heavy atom. The van der Waals surface area contributed by atoms with E-state index in [1.165, 1.54) is 0 Å². The highest BCUT2D eigenvalue weighted by atomic mass is 16.7. The summed E-state index contributed by atoms with van der Waals surface area (Å²) in [6.07, 6.45) is -8.34. The van der Waals surface area contributed by atoms with Crippen molar-refractivity contribution in [3.63, 3.8) is 0 Å². The molecule has 5 atom stereocenters. The first-order valence-corrected chi connectivity index (χ1v) is 6.09. The van der Waals surface area contributed by atoms with E-state index >= 15 is 0 Å². The molecule has 0 saturated carbocycles. The molecule has 1 aromatic rings. The molecule has 0 spiro atoms. The van der Waals surface area contributed by atoms with Crippen molar-refractivity contribution in [1.82, 2.24) is 0 Å². The quantitative estimate of drug-likeness (QED) is 0.501. The van der Waals surface area contributed by atoms with Crippen LogP contribution < -0.4 is 0 Å². The van der Waals surface area contributed by atoms with Crippen LogP contribution in [0.4, 0.5) is 0 Å². The Morgan fingerprint density at radius 3 is 2.35 bits per heavy atom. The summed E-state index contributed by atoms with van der Waals surface area (Å²) in [5.41, 5.74) is 0.743. The minimum absolute atomic E-state index is 0.0268. The molecular weight excluding hydrogens is 268 g/mol. The van der Waals surface area contributed by atoms with E-state index in [0.717, 1.165) is 5.56 Å². The van der Waals surface area contributed by atoms with Crippen molar-refractivity contribution in [3.05, 3.63) is 35.9 Å². The third-order valence-electron chi connectivity index (χ3n) is 3.04. The zero-order valence-corrected chi connectivity index (χ0v) is 10.5. The average Bonchev–Trinajstić information content (AvgIpc) is 2.47. The second kappa shape index (κ2) is 6.29. The fraction of sp³-hybridized carbons (Fsp3) is 0.462. The second-order valence-corrected chi connectivity index (χ2v) is 4.51. The first-order chi connectivity index (χ1) is 9.50. The Labute approximate surface area is 115 Å². The molecule has 0 amide bonds. The number of carbonyl (C=O) groups excluding carboxylic acids is 1. The molecule has 1 aromatic carbocycles. The maximum absolute atomic E-state index is 11.8. The lowest BCUT2D eigenvalue weighted by atomic mass is 9.99. The number of aliphatic hydroxyl groups excluding tert-OH is 4. The lowest BCUT2D eigenvalue weighted by molar-refractivity contribution is -0.281. The van der Waals surface area contributed by atoms with Crippen LogP contribution in [-0.4, -0.2) is 57.1 Å². The summed E-state index contributed by atoms with van der Waals surface area (Å²) in [5.74, 6) is -0.925. The Morgan fingerprint density at radius 1 is 1.05 bits per heavy atom. The van der Waals surface area contributed by atoms with Gasteiger partial charge in [0.05, 0.1) is 0 Å². The van der Waals surface area contributed by atoms with Gasteiger partial charge in [-0.2, -0.15) is 0 Å². The van der Waals surface area contributed by atoms with Crippen LogP contribution in [0.1, 0.15) is 5.56 Å². The van der Waals surface area contributed by atoms with E-state index in [4.69, 9.17) is 9.47 Å². The fourth-order valence-corrected chi connectivity index (χ4v) is 1.87. The predicted octanol–water partition coefficient (Wildman–Crippen LogP) is -1.47. The molecule has 0 aromatic heterocycles. The highest BCUT2D eigenvalue weighted by Gasteiger charge is 2.46. The number of hydrogen-bond donors (Lipinski definition) is 4. The zero-order valence-electron chi connectivity index (χ0n) is 10.5. The Hall–Kier alpha value is -1.51. The van der Waals surface area contributed by atoms with Crippen LogP contribution in [0.3, 0.4) is 0 Å². The van der Waals surface area contributed by atoms with Crippen molar-refractivity contribution >= 4 is 5.97 Å². The second-order valence-electron chi connectivity index (χ2n) is 4.51. The first kappa shape index (κ1) is 14.9. The van der Waals surface area contributed by atoms with Crippen LogP contribution in [0.5, 0.6) is 0 Å². The van der Waals surface area contributed by atoms with Gasteiger partial charge in [0.2, 0.25) is 0 Å². The minimum atomic E-state index is -1.76. The molecule has 110 valence electrons. The molecule has 7 heteroatoms. The van der Waals surface area contributed by atoms with E-state index in [1.54, 1.807) is 24.3 Å². The Kier molecular flexibility index (Phi) is 4.69. The number of carbonyl (C=O) groups is 1. The monoisotopic (exact) mass is 284 g/mol. The maximum atomic E-state index is 11.8. The minimum Gasteiger partial charge on any atom is -0.459 e. The molecule has 1 aliphatic heterocycles. The van der Waals surface area contributed by atoms with Crippen molar-refractivity contribution in [2.24, 2.45) is 0 Å². The number of hydrogen-bond acceptors (Lipinski definition) is 7. The van der Waals surface area contributed by atoms with Gasteiger partial charge in [-0.15, -0.1) is 0 Å². The van der Waals surface area contributed by atoms with E-state index in [-0.39, 0.29) is 6.61 Å². The van der Waals surface area contributed by atoms with Crippen LogP contribution in [-0.2, 0) is 20.9 Å². The van der Waals surface area contributed by atoms with E-state index in [9.17, 15) is 25.2 Å². The van der Waals surface area contributed by atoms with E-state index in [0.29, 0.717) is 0 Å². The molecule has 2 rings (SSSR count). The topological polar surface area (TPSA) is 116 Å². The van der Waals surface area contributed by atoms with Crippen LogP contribution in [0.15, 0.2) is 30.3 Å². The van der Waals surface area contributed by atoms with Gasteiger partial charge in [-0.3, -0.25) is 0 Å². The summed E-state index contributed by atoms with van der Waals surface area (Å²) >= 11 is 0. The fourth-order valence-electron chi connectivity index (χ4n) is 1.87. The van der Waals surface area contributed by atoms with E-state index < -0.39 is 36.7 Å². The van der Waals surface area contributed by atoms with Gasteiger partial charge < -0.3 is 29.9 Å². The molecule has 3 unspecified atom stereocenters. The molecule has 1 fully saturated rings. The summed E-state index contributed by atoms with van der Waals surface area (Å²) in [6.45, 7) is -0.0268.